The molecule has 5 N–H and O–H groups in total. The van der Waals surface area contributed by atoms with Crippen molar-refractivity contribution in [1.82, 2.24) is 19.5 Å². The second-order valence-electron chi connectivity index (χ2n) is 6.50. The van der Waals surface area contributed by atoms with Crippen LogP contribution < -0.4 is 20.9 Å². The van der Waals surface area contributed by atoms with E-state index in [2.05, 4.69) is 25.6 Å². The van der Waals surface area contributed by atoms with Crippen LogP contribution >= 0.6 is 23.2 Å². The lowest BCUT2D eigenvalue weighted by Gasteiger charge is -2.21. The molecule has 0 atom stereocenters. The van der Waals surface area contributed by atoms with Crippen molar-refractivity contribution in [2.75, 3.05) is 23.8 Å². The molecule has 0 bridgehead atoms. The van der Waals surface area contributed by atoms with Crippen LogP contribution in [0.1, 0.15) is 0 Å². The molecule has 4 rings (SSSR count). The summed E-state index contributed by atoms with van der Waals surface area (Å²) in [6, 6.07) is 1.31. The topological polar surface area (TPSA) is 155 Å². The molecule has 0 radical (unpaired) electrons. The van der Waals surface area contributed by atoms with Crippen LogP contribution in [0.15, 0.2) is 23.3 Å². The van der Waals surface area contributed by atoms with Crippen molar-refractivity contribution in [3.8, 4) is 5.75 Å². The number of aromatic nitrogens is 4. The number of hydrogen-bond acceptors (Lipinski definition) is 10. The lowest BCUT2D eigenvalue weighted by Crippen LogP contribution is -2.42. The Morgan fingerprint density at radius 1 is 1.26 bits per heavy atom. The zero-order chi connectivity index (χ0) is 22.6. The third-order valence-electron chi connectivity index (χ3n) is 4.20. The molecular weight excluding hydrogens is 465 g/mol. The van der Waals surface area contributed by atoms with Gasteiger partial charge in [0.15, 0.2) is 18.1 Å². The van der Waals surface area contributed by atoms with Gasteiger partial charge in [0.2, 0.25) is 11.0 Å². The van der Waals surface area contributed by atoms with Crippen LogP contribution in [0.4, 0.5) is 26.0 Å². The molecule has 0 saturated carbocycles. The van der Waals surface area contributed by atoms with E-state index in [-0.39, 0.29) is 37.5 Å². The van der Waals surface area contributed by atoms with Crippen molar-refractivity contribution in [3.63, 3.8) is 0 Å². The van der Waals surface area contributed by atoms with Crippen LogP contribution in [0.25, 0.3) is 11.0 Å². The normalized spacial score (nSPS) is 15.6. The Kier molecular flexibility index (Phi) is 5.10. The Labute approximate surface area is 180 Å². The van der Waals surface area contributed by atoms with E-state index in [4.69, 9.17) is 27.9 Å². The Morgan fingerprint density at radius 2 is 2.00 bits per heavy atom. The van der Waals surface area contributed by atoms with Crippen molar-refractivity contribution in [2.45, 2.75) is 12.0 Å². The van der Waals surface area contributed by atoms with Crippen LogP contribution in [0.5, 0.6) is 5.75 Å². The summed E-state index contributed by atoms with van der Waals surface area (Å²) in [4.78, 5) is 24.2. The van der Waals surface area contributed by atoms with Crippen LogP contribution in [-0.4, -0.2) is 53.9 Å². The first-order valence-corrected chi connectivity index (χ1v) is 9.18. The van der Waals surface area contributed by atoms with E-state index in [0.717, 1.165) is 6.20 Å². The second-order valence-corrected chi connectivity index (χ2v) is 7.24. The molecule has 1 aliphatic rings. The molecule has 3 aromatic rings. The smallest absolute Gasteiger partial charge is 0.377 e. The van der Waals surface area contributed by atoms with E-state index in [0.29, 0.717) is 0 Å². The van der Waals surface area contributed by atoms with Gasteiger partial charge in [-0.1, -0.05) is 11.6 Å². The minimum atomic E-state index is -3.69. The van der Waals surface area contributed by atoms with Crippen LogP contribution in [-0.2, 0) is 6.10 Å². The van der Waals surface area contributed by atoms with Crippen LogP contribution in [0.3, 0.4) is 0 Å². The van der Waals surface area contributed by atoms with Gasteiger partial charge in [0.05, 0.1) is 30.3 Å². The van der Waals surface area contributed by atoms with Crippen molar-refractivity contribution in [2.24, 2.45) is 0 Å². The summed E-state index contributed by atoms with van der Waals surface area (Å²) in [5.41, 5.74) is -1.71. The van der Waals surface area contributed by atoms with Gasteiger partial charge in [0, 0.05) is 5.39 Å². The quantitative estimate of drug-likeness (QED) is 0.275. The number of fused-ring (bicyclic) bond motifs is 3. The first-order chi connectivity index (χ1) is 14.5. The predicted octanol–water partition coefficient (Wildman–Crippen LogP) is 1.22. The molecule has 0 saturated heterocycles. The largest absolute Gasteiger partial charge is 0.480 e. The van der Waals surface area contributed by atoms with Crippen molar-refractivity contribution in [3.05, 3.63) is 39.1 Å². The molecule has 3 aromatic heterocycles. The van der Waals surface area contributed by atoms with Gasteiger partial charge in [-0.25, -0.2) is 23.3 Å². The predicted molar refractivity (Wildman–Crippen MR) is 105 cm³/mol. The summed E-state index contributed by atoms with van der Waals surface area (Å²) in [5.74, 6) is -3.89. The van der Waals surface area contributed by atoms with E-state index in [1.54, 1.807) is 0 Å². The fourth-order valence-corrected chi connectivity index (χ4v) is 3.19. The summed E-state index contributed by atoms with van der Waals surface area (Å²) < 4.78 is 32.7. The number of halogens is 4. The van der Waals surface area contributed by atoms with E-state index in [9.17, 15) is 28.9 Å². The molecule has 1 aliphatic heterocycles. The standard InChI is InChI=1S/C16H12Cl2F2N6O5/c17-8-3-22-14(18)25-11(8)24-6-1-7-9-10(31-5-15(19,20)4-23-9)13(27)26(16(28,29)30)12(7)21-2-6/h1-3,23,28-30H,4-5H2,(H,22,24,25). The summed E-state index contributed by atoms with van der Waals surface area (Å²) in [6.07, 6.45) is -1.30. The molecule has 0 aromatic carbocycles. The van der Waals surface area contributed by atoms with E-state index in [1.807, 2.05) is 0 Å². The molecule has 164 valence electrons. The van der Waals surface area contributed by atoms with Gasteiger partial charge in [0.1, 0.15) is 5.02 Å². The minimum absolute atomic E-state index is 0.0601. The Balaban J connectivity index is 1.93. The van der Waals surface area contributed by atoms with Crippen molar-refractivity contribution in [1.29, 1.82) is 0 Å². The Morgan fingerprint density at radius 3 is 2.71 bits per heavy atom. The number of aliphatic hydroxyl groups is 3. The third-order valence-corrected chi connectivity index (χ3v) is 4.66. The first kappa shape index (κ1) is 21.4. The molecule has 31 heavy (non-hydrogen) atoms. The van der Waals surface area contributed by atoms with Crippen LogP contribution in [0.2, 0.25) is 10.3 Å². The lowest BCUT2D eigenvalue weighted by atomic mass is 10.2. The number of ether oxygens (including phenoxy) is 1. The second kappa shape index (κ2) is 7.39. The maximum atomic E-state index is 13.8. The molecule has 4 heterocycles. The van der Waals surface area contributed by atoms with Crippen LogP contribution in [0, 0.1) is 0 Å². The molecule has 0 amide bonds. The SMILES string of the molecule is O=c1c2c(c3cc(Nc4nc(Cl)ncc4Cl)cnc3n1C(O)(O)O)NCC(F)(F)CO2. The van der Waals surface area contributed by atoms with E-state index < -0.39 is 42.1 Å². The Bertz CT molecular complexity index is 1250. The fourth-order valence-electron chi connectivity index (χ4n) is 2.92. The molecule has 11 nitrogen and oxygen atoms in total. The minimum Gasteiger partial charge on any atom is -0.480 e. The molecule has 0 spiro atoms. The highest BCUT2D eigenvalue weighted by Gasteiger charge is 2.37. The van der Waals surface area contributed by atoms with E-state index >= 15 is 0 Å². The highest BCUT2D eigenvalue weighted by atomic mass is 35.5. The molecule has 0 fully saturated rings. The number of hydrogen-bond donors (Lipinski definition) is 5. The first-order valence-electron chi connectivity index (χ1n) is 8.42. The van der Waals surface area contributed by atoms with Gasteiger partial charge >= 0.3 is 11.7 Å². The number of alkyl halides is 2. The highest BCUT2D eigenvalue weighted by Crippen LogP contribution is 2.36. The number of anilines is 3. The maximum Gasteiger partial charge on any atom is 0.377 e. The van der Waals surface area contributed by atoms with Gasteiger partial charge in [-0.2, -0.15) is 4.98 Å². The average Bonchev–Trinajstić information content (AvgIpc) is 2.83. The molecule has 15 heteroatoms. The fraction of sp³-hybridized carbons (Fsp3) is 0.250. The molecular formula is C16H12Cl2F2N6O5. The number of rotatable bonds is 3. The third kappa shape index (κ3) is 4.05. The average molecular weight is 477 g/mol. The summed E-state index contributed by atoms with van der Waals surface area (Å²) >= 11 is 11.8. The number of nitrogens with one attached hydrogen (secondary N) is 2. The van der Waals surface area contributed by atoms with Crippen molar-refractivity contribution < 1.29 is 28.8 Å². The summed E-state index contributed by atoms with van der Waals surface area (Å²) in [6.45, 7) is -2.02. The van der Waals surface area contributed by atoms with Gasteiger partial charge in [-0.3, -0.25) is 4.79 Å². The zero-order valence-electron chi connectivity index (χ0n) is 15.1. The van der Waals surface area contributed by atoms with Gasteiger partial charge in [0.25, 0.3) is 5.92 Å². The monoisotopic (exact) mass is 476 g/mol. The lowest BCUT2D eigenvalue weighted by molar-refractivity contribution is -0.374. The van der Waals surface area contributed by atoms with Gasteiger partial charge in [-0.15, -0.1) is 0 Å². The van der Waals surface area contributed by atoms with E-state index in [1.165, 1.54) is 12.3 Å². The number of nitrogens with zero attached hydrogens (tertiary/aromatic N) is 4. The molecule has 0 aliphatic carbocycles. The summed E-state index contributed by atoms with van der Waals surface area (Å²) in [7, 11) is 0. The Hall–Kier alpha value is -2.84. The maximum absolute atomic E-state index is 13.8. The zero-order valence-corrected chi connectivity index (χ0v) is 16.6. The van der Waals surface area contributed by atoms with Crippen molar-refractivity contribution >= 4 is 51.4 Å². The van der Waals surface area contributed by atoms with Gasteiger partial charge in [-0.05, 0) is 17.7 Å². The molecule has 0 unspecified atom stereocenters. The highest BCUT2D eigenvalue weighted by molar-refractivity contribution is 6.33. The summed E-state index contributed by atoms with van der Waals surface area (Å²) in [5, 5.41) is 34.1. The number of pyridine rings is 2. The van der Waals surface area contributed by atoms with Gasteiger partial charge < -0.3 is 30.7 Å².